The number of anilines is 1. The molecule has 1 aliphatic rings. The molecule has 3 rings (SSSR count). The molecule has 2 heteroatoms. The Bertz CT molecular complexity index is 660. The molecule has 1 aliphatic carbocycles. The van der Waals surface area contributed by atoms with Crippen LogP contribution in [0.2, 0.25) is 5.02 Å². The average Bonchev–Trinajstić information content (AvgIpc) is 2.46. The van der Waals surface area contributed by atoms with Gasteiger partial charge in [-0.15, -0.1) is 0 Å². The predicted octanol–water partition coefficient (Wildman–Crippen LogP) is 5.87. The Labute approximate surface area is 132 Å². The minimum Gasteiger partial charge on any atom is -0.378 e. The van der Waals surface area contributed by atoms with E-state index < -0.39 is 0 Å². The lowest BCUT2D eigenvalue weighted by molar-refractivity contribution is 0.406. The van der Waals surface area contributed by atoms with Gasteiger partial charge in [0.05, 0.1) is 6.04 Å². The van der Waals surface area contributed by atoms with Gasteiger partial charge < -0.3 is 5.32 Å². The van der Waals surface area contributed by atoms with E-state index in [2.05, 4.69) is 56.4 Å². The van der Waals surface area contributed by atoms with E-state index in [9.17, 15) is 0 Å². The molecule has 1 N–H and O–H groups in total. The number of nitrogens with one attached hydrogen (secondary N) is 1. The Morgan fingerprint density at radius 2 is 1.90 bits per heavy atom. The van der Waals surface area contributed by atoms with Crippen molar-refractivity contribution in [1.82, 2.24) is 0 Å². The molecule has 0 saturated carbocycles. The highest BCUT2D eigenvalue weighted by molar-refractivity contribution is 6.30. The van der Waals surface area contributed by atoms with Gasteiger partial charge in [0.1, 0.15) is 0 Å². The van der Waals surface area contributed by atoms with Gasteiger partial charge in [0.2, 0.25) is 0 Å². The van der Waals surface area contributed by atoms with Gasteiger partial charge in [0.15, 0.2) is 0 Å². The molecular formula is C19H22ClN. The van der Waals surface area contributed by atoms with Crippen molar-refractivity contribution in [3.8, 4) is 0 Å². The first-order valence-corrected chi connectivity index (χ1v) is 7.97. The number of hydrogen-bond donors (Lipinski definition) is 1. The summed E-state index contributed by atoms with van der Waals surface area (Å²) in [6, 6.07) is 15.2. The third-order valence-electron chi connectivity index (χ3n) is 4.65. The lowest BCUT2D eigenvalue weighted by Gasteiger charge is -2.38. The van der Waals surface area contributed by atoms with Crippen molar-refractivity contribution in [3.63, 3.8) is 0 Å². The molecule has 0 fully saturated rings. The molecule has 0 heterocycles. The maximum atomic E-state index is 6.14. The van der Waals surface area contributed by atoms with Gasteiger partial charge in [-0.3, -0.25) is 0 Å². The van der Waals surface area contributed by atoms with Crippen LogP contribution in [-0.4, -0.2) is 0 Å². The molecule has 0 aromatic heterocycles. The summed E-state index contributed by atoms with van der Waals surface area (Å²) in [4.78, 5) is 0. The van der Waals surface area contributed by atoms with Crippen LogP contribution >= 0.6 is 11.6 Å². The van der Waals surface area contributed by atoms with Crippen LogP contribution in [0.25, 0.3) is 0 Å². The van der Waals surface area contributed by atoms with Gasteiger partial charge in [0.25, 0.3) is 0 Å². The molecule has 0 amide bonds. The van der Waals surface area contributed by atoms with Gasteiger partial charge in [-0.1, -0.05) is 55.8 Å². The predicted molar refractivity (Wildman–Crippen MR) is 91.3 cm³/mol. The van der Waals surface area contributed by atoms with E-state index in [1.165, 1.54) is 23.1 Å². The standard InChI is InChI=1S/C19H22ClN/c1-13-8-9-14(20)12-18(13)21-17-10-11-19(2,3)16-7-5-4-6-15(16)17/h4-9,12,17,21H,10-11H2,1-3H3. The molecule has 0 radical (unpaired) electrons. The second kappa shape index (κ2) is 5.38. The lowest BCUT2D eigenvalue weighted by atomic mass is 9.71. The zero-order valence-corrected chi connectivity index (χ0v) is 13.7. The maximum absolute atomic E-state index is 6.14. The molecule has 0 saturated heterocycles. The first-order chi connectivity index (χ1) is 9.97. The van der Waals surface area contributed by atoms with Crippen LogP contribution in [0.1, 0.15) is 49.4 Å². The average molecular weight is 300 g/mol. The van der Waals surface area contributed by atoms with E-state index in [0.717, 1.165) is 17.1 Å². The van der Waals surface area contributed by atoms with Crippen molar-refractivity contribution < 1.29 is 0 Å². The fourth-order valence-corrected chi connectivity index (χ4v) is 3.47. The van der Waals surface area contributed by atoms with Gasteiger partial charge in [-0.25, -0.2) is 0 Å². The van der Waals surface area contributed by atoms with Crippen LogP contribution in [-0.2, 0) is 5.41 Å². The van der Waals surface area contributed by atoms with Crippen LogP contribution in [0.3, 0.4) is 0 Å². The lowest BCUT2D eigenvalue weighted by Crippen LogP contribution is -2.29. The number of halogens is 1. The van der Waals surface area contributed by atoms with Crippen molar-refractivity contribution in [2.75, 3.05) is 5.32 Å². The Morgan fingerprint density at radius 3 is 2.71 bits per heavy atom. The molecule has 0 aliphatic heterocycles. The smallest absolute Gasteiger partial charge is 0.0517 e. The fraction of sp³-hybridized carbons (Fsp3) is 0.368. The molecule has 2 aromatic rings. The summed E-state index contributed by atoms with van der Waals surface area (Å²) < 4.78 is 0. The van der Waals surface area contributed by atoms with E-state index in [0.29, 0.717) is 6.04 Å². The minimum atomic E-state index is 0.262. The zero-order chi connectivity index (χ0) is 15.0. The summed E-state index contributed by atoms with van der Waals surface area (Å²) in [7, 11) is 0. The molecular weight excluding hydrogens is 278 g/mol. The molecule has 1 nitrogen and oxygen atoms in total. The molecule has 2 aromatic carbocycles. The Morgan fingerprint density at radius 1 is 1.14 bits per heavy atom. The summed E-state index contributed by atoms with van der Waals surface area (Å²) in [6.45, 7) is 6.80. The first-order valence-electron chi connectivity index (χ1n) is 7.59. The van der Waals surface area contributed by atoms with Crippen LogP contribution in [0.5, 0.6) is 0 Å². The Balaban J connectivity index is 1.96. The highest BCUT2D eigenvalue weighted by atomic mass is 35.5. The topological polar surface area (TPSA) is 12.0 Å². The zero-order valence-electron chi connectivity index (χ0n) is 12.9. The quantitative estimate of drug-likeness (QED) is 0.731. The van der Waals surface area contributed by atoms with Crippen molar-refractivity contribution in [1.29, 1.82) is 0 Å². The Kier molecular flexibility index (Phi) is 3.71. The van der Waals surface area contributed by atoms with Crippen LogP contribution in [0.4, 0.5) is 5.69 Å². The number of rotatable bonds is 2. The molecule has 1 atom stereocenters. The van der Waals surface area contributed by atoms with Gasteiger partial charge in [0, 0.05) is 10.7 Å². The molecule has 21 heavy (non-hydrogen) atoms. The summed E-state index contributed by atoms with van der Waals surface area (Å²) in [5, 5.41) is 4.48. The van der Waals surface area contributed by atoms with E-state index in [4.69, 9.17) is 11.6 Å². The summed E-state index contributed by atoms with van der Waals surface area (Å²) in [5.41, 5.74) is 5.53. The SMILES string of the molecule is Cc1ccc(Cl)cc1NC1CCC(C)(C)c2ccccc21. The second-order valence-electron chi connectivity index (χ2n) is 6.67. The van der Waals surface area contributed by atoms with Gasteiger partial charge in [-0.2, -0.15) is 0 Å². The van der Waals surface area contributed by atoms with Crippen molar-refractivity contribution in [3.05, 3.63) is 64.2 Å². The van der Waals surface area contributed by atoms with Crippen molar-refractivity contribution in [2.24, 2.45) is 0 Å². The monoisotopic (exact) mass is 299 g/mol. The number of benzene rings is 2. The fourth-order valence-electron chi connectivity index (χ4n) is 3.30. The number of aryl methyl sites for hydroxylation is 1. The highest BCUT2D eigenvalue weighted by Gasteiger charge is 2.32. The summed E-state index contributed by atoms with van der Waals surface area (Å²) in [5.74, 6) is 0. The molecule has 110 valence electrons. The third-order valence-corrected chi connectivity index (χ3v) is 4.89. The van der Waals surface area contributed by atoms with Gasteiger partial charge in [-0.05, 0) is 54.0 Å². The molecule has 0 bridgehead atoms. The van der Waals surface area contributed by atoms with E-state index in [1.54, 1.807) is 0 Å². The number of fused-ring (bicyclic) bond motifs is 1. The summed E-state index contributed by atoms with van der Waals surface area (Å²) >= 11 is 6.14. The van der Waals surface area contributed by atoms with E-state index in [1.807, 2.05) is 12.1 Å². The van der Waals surface area contributed by atoms with Crippen LogP contribution < -0.4 is 5.32 Å². The van der Waals surface area contributed by atoms with Gasteiger partial charge >= 0.3 is 0 Å². The minimum absolute atomic E-state index is 0.262. The van der Waals surface area contributed by atoms with Crippen molar-refractivity contribution in [2.45, 2.75) is 45.1 Å². The molecule has 1 unspecified atom stereocenters. The Hall–Kier alpha value is -1.47. The maximum Gasteiger partial charge on any atom is 0.0517 e. The van der Waals surface area contributed by atoms with Crippen molar-refractivity contribution >= 4 is 17.3 Å². The molecule has 0 spiro atoms. The number of hydrogen-bond acceptors (Lipinski definition) is 1. The highest BCUT2D eigenvalue weighted by Crippen LogP contribution is 2.42. The normalized spacial score (nSPS) is 19.9. The first kappa shape index (κ1) is 14.5. The van der Waals surface area contributed by atoms with Crippen LogP contribution in [0.15, 0.2) is 42.5 Å². The second-order valence-corrected chi connectivity index (χ2v) is 7.10. The van der Waals surface area contributed by atoms with E-state index >= 15 is 0 Å². The van der Waals surface area contributed by atoms with Crippen LogP contribution in [0, 0.1) is 6.92 Å². The van der Waals surface area contributed by atoms with E-state index in [-0.39, 0.29) is 5.41 Å². The third kappa shape index (κ3) is 2.80. The summed E-state index contributed by atoms with van der Waals surface area (Å²) in [6.07, 6.45) is 2.34. The largest absolute Gasteiger partial charge is 0.378 e.